The van der Waals surface area contributed by atoms with E-state index in [0.717, 1.165) is 23.4 Å². The standard InChI is InChI=1S/C21H21Cl2N3O2/c1-3-26-14(2)17(12-25-26)11-24-21(27)16-7-4-6-15(10-16)13-28-19-9-5-8-18(22)20(19)23/h4-10,12H,3,11,13H2,1-2H3,(H,24,27). The Morgan fingerprint density at radius 3 is 2.75 bits per heavy atom. The van der Waals surface area contributed by atoms with Gasteiger partial charge in [-0.05, 0) is 43.7 Å². The lowest BCUT2D eigenvalue weighted by atomic mass is 10.1. The van der Waals surface area contributed by atoms with Gasteiger partial charge in [-0.25, -0.2) is 0 Å². The second-order valence-electron chi connectivity index (χ2n) is 6.29. The second kappa shape index (κ2) is 9.13. The van der Waals surface area contributed by atoms with Crippen LogP contribution in [0.15, 0.2) is 48.7 Å². The molecule has 0 spiro atoms. The Morgan fingerprint density at radius 2 is 2.00 bits per heavy atom. The van der Waals surface area contributed by atoms with Crippen molar-refractivity contribution in [1.29, 1.82) is 0 Å². The molecule has 0 unspecified atom stereocenters. The molecular weight excluding hydrogens is 397 g/mol. The van der Waals surface area contributed by atoms with Gasteiger partial charge in [-0.2, -0.15) is 5.10 Å². The molecular formula is C21H21Cl2N3O2. The summed E-state index contributed by atoms with van der Waals surface area (Å²) in [5.74, 6) is 0.360. The smallest absolute Gasteiger partial charge is 0.251 e. The minimum Gasteiger partial charge on any atom is -0.487 e. The summed E-state index contributed by atoms with van der Waals surface area (Å²) in [5.41, 5.74) is 3.49. The molecule has 2 aromatic carbocycles. The number of rotatable bonds is 7. The zero-order chi connectivity index (χ0) is 20.1. The molecule has 1 amide bonds. The fourth-order valence-electron chi connectivity index (χ4n) is 2.81. The largest absolute Gasteiger partial charge is 0.487 e. The van der Waals surface area contributed by atoms with E-state index in [2.05, 4.69) is 10.4 Å². The average molecular weight is 418 g/mol. The van der Waals surface area contributed by atoms with Crippen molar-refractivity contribution in [3.05, 3.63) is 81.1 Å². The summed E-state index contributed by atoms with van der Waals surface area (Å²) < 4.78 is 7.64. The molecule has 0 saturated heterocycles. The normalized spacial score (nSPS) is 10.7. The van der Waals surface area contributed by atoms with E-state index in [1.54, 1.807) is 36.5 Å². The van der Waals surface area contributed by atoms with E-state index in [9.17, 15) is 4.79 Å². The number of hydrogen-bond acceptors (Lipinski definition) is 3. The summed E-state index contributed by atoms with van der Waals surface area (Å²) in [7, 11) is 0. The van der Waals surface area contributed by atoms with Gasteiger partial charge in [0, 0.05) is 29.9 Å². The zero-order valence-electron chi connectivity index (χ0n) is 15.7. The number of benzene rings is 2. The monoisotopic (exact) mass is 417 g/mol. The number of carbonyl (C=O) groups is 1. The van der Waals surface area contributed by atoms with Gasteiger partial charge < -0.3 is 10.1 Å². The van der Waals surface area contributed by atoms with Crippen LogP contribution >= 0.6 is 23.2 Å². The third kappa shape index (κ3) is 4.66. The van der Waals surface area contributed by atoms with E-state index in [1.807, 2.05) is 30.7 Å². The first-order valence-electron chi connectivity index (χ1n) is 8.94. The van der Waals surface area contributed by atoms with Crippen molar-refractivity contribution in [2.45, 2.75) is 33.5 Å². The van der Waals surface area contributed by atoms with Crippen molar-refractivity contribution in [3.63, 3.8) is 0 Å². The van der Waals surface area contributed by atoms with Crippen LogP contribution in [0.2, 0.25) is 10.0 Å². The minimum absolute atomic E-state index is 0.147. The van der Waals surface area contributed by atoms with Crippen LogP contribution in [-0.2, 0) is 19.7 Å². The Balaban J connectivity index is 1.62. The number of aryl methyl sites for hydroxylation is 1. The molecule has 7 heteroatoms. The van der Waals surface area contributed by atoms with Crippen LogP contribution < -0.4 is 10.1 Å². The van der Waals surface area contributed by atoms with E-state index in [-0.39, 0.29) is 12.5 Å². The number of ether oxygens (including phenoxy) is 1. The van der Waals surface area contributed by atoms with E-state index >= 15 is 0 Å². The molecule has 0 aliphatic rings. The summed E-state index contributed by atoms with van der Waals surface area (Å²) in [5, 5.41) is 8.05. The van der Waals surface area contributed by atoms with Gasteiger partial charge in [-0.1, -0.05) is 41.4 Å². The third-order valence-electron chi connectivity index (χ3n) is 4.44. The van der Waals surface area contributed by atoms with Gasteiger partial charge in [0.1, 0.15) is 17.4 Å². The highest BCUT2D eigenvalue weighted by molar-refractivity contribution is 6.42. The predicted molar refractivity (Wildman–Crippen MR) is 111 cm³/mol. The van der Waals surface area contributed by atoms with E-state index in [0.29, 0.717) is 27.9 Å². The van der Waals surface area contributed by atoms with Crippen LogP contribution in [0, 0.1) is 6.92 Å². The van der Waals surface area contributed by atoms with Crippen LogP contribution in [0.4, 0.5) is 0 Å². The van der Waals surface area contributed by atoms with Gasteiger partial charge >= 0.3 is 0 Å². The molecule has 0 fully saturated rings. The molecule has 1 aromatic heterocycles. The summed E-state index contributed by atoms with van der Waals surface area (Å²) in [4.78, 5) is 12.5. The average Bonchev–Trinajstić information content (AvgIpc) is 3.07. The highest BCUT2D eigenvalue weighted by Crippen LogP contribution is 2.31. The lowest BCUT2D eigenvalue weighted by molar-refractivity contribution is 0.0950. The maximum atomic E-state index is 12.5. The SMILES string of the molecule is CCn1ncc(CNC(=O)c2cccc(COc3cccc(Cl)c3Cl)c2)c1C. The van der Waals surface area contributed by atoms with Crippen molar-refractivity contribution in [2.75, 3.05) is 0 Å². The number of amides is 1. The molecule has 0 atom stereocenters. The van der Waals surface area contributed by atoms with Crippen LogP contribution in [0.3, 0.4) is 0 Å². The summed E-state index contributed by atoms with van der Waals surface area (Å²) in [6.07, 6.45) is 1.79. The number of nitrogens with one attached hydrogen (secondary N) is 1. The first kappa shape index (κ1) is 20.2. The molecule has 3 aromatic rings. The Labute approximate surface area is 174 Å². The Morgan fingerprint density at radius 1 is 1.21 bits per heavy atom. The molecule has 0 aliphatic heterocycles. The molecule has 0 radical (unpaired) electrons. The summed E-state index contributed by atoms with van der Waals surface area (Å²) in [6.45, 7) is 5.55. The number of carbonyl (C=O) groups excluding carboxylic acids is 1. The van der Waals surface area contributed by atoms with Crippen molar-refractivity contribution < 1.29 is 9.53 Å². The van der Waals surface area contributed by atoms with Crippen LogP contribution in [0.25, 0.3) is 0 Å². The topological polar surface area (TPSA) is 56.2 Å². The van der Waals surface area contributed by atoms with Gasteiger partial charge in [0.25, 0.3) is 5.91 Å². The van der Waals surface area contributed by atoms with E-state index < -0.39 is 0 Å². The summed E-state index contributed by atoms with van der Waals surface area (Å²) >= 11 is 12.1. The second-order valence-corrected chi connectivity index (χ2v) is 7.08. The van der Waals surface area contributed by atoms with Crippen LogP contribution in [-0.4, -0.2) is 15.7 Å². The van der Waals surface area contributed by atoms with Gasteiger partial charge in [0.2, 0.25) is 0 Å². The fraction of sp³-hybridized carbons (Fsp3) is 0.238. The van der Waals surface area contributed by atoms with Crippen LogP contribution in [0.5, 0.6) is 5.75 Å². The van der Waals surface area contributed by atoms with Crippen molar-refractivity contribution in [1.82, 2.24) is 15.1 Å². The zero-order valence-corrected chi connectivity index (χ0v) is 17.2. The Bertz CT molecular complexity index is 986. The van der Waals surface area contributed by atoms with Crippen molar-refractivity contribution >= 4 is 29.1 Å². The Hall–Kier alpha value is -2.50. The number of hydrogen-bond donors (Lipinski definition) is 1. The quantitative estimate of drug-likeness (QED) is 0.586. The molecule has 5 nitrogen and oxygen atoms in total. The molecule has 28 heavy (non-hydrogen) atoms. The van der Waals surface area contributed by atoms with Crippen molar-refractivity contribution in [2.24, 2.45) is 0 Å². The molecule has 1 N–H and O–H groups in total. The first-order chi connectivity index (χ1) is 13.5. The lowest BCUT2D eigenvalue weighted by Gasteiger charge is -2.10. The van der Waals surface area contributed by atoms with Gasteiger partial charge in [-0.15, -0.1) is 0 Å². The van der Waals surface area contributed by atoms with Gasteiger partial charge in [0.15, 0.2) is 0 Å². The highest BCUT2D eigenvalue weighted by Gasteiger charge is 2.10. The minimum atomic E-state index is -0.147. The van der Waals surface area contributed by atoms with E-state index in [1.165, 1.54) is 0 Å². The molecule has 0 bridgehead atoms. The molecule has 146 valence electrons. The molecule has 3 rings (SSSR count). The predicted octanol–water partition coefficient (Wildman–Crippen LogP) is 5.03. The highest BCUT2D eigenvalue weighted by atomic mass is 35.5. The summed E-state index contributed by atoms with van der Waals surface area (Å²) in [6, 6.07) is 12.5. The maximum Gasteiger partial charge on any atom is 0.251 e. The van der Waals surface area contributed by atoms with Gasteiger partial charge in [0.05, 0.1) is 11.2 Å². The molecule has 0 aliphatic carbocycles. The number of halogens is 2. The van der Waals surface area contributed by atoms with E-state index in [4.69, 9.17) is 27.9 Å². The Kier molecular flexibility index (Phi) is 6.60. The first-order valence-corrected chi connectivity index (χ1v) is 9.70. The number of aromatic nitrogens is 2. The molecule has 1 heterocycles. The fourth-order valence-corrected chi connectivity index (χ4v) is 3.16. The van der Waals surface area contributed by atoms with Crippen LogP contribution in [0.1, 0.15) is 34.1 Å². The van der Waals surface area contributed by atoms with Gasteiger partial charge in [-0.3, -0.25) is 9.48 Å². The third-order valence-corrected chi connectivity index (χ3v) is 5.25. The lowest BCUT2D eigenvalue weighted by Crippen LogP contribution is -2.23. The maximum absolute atomic E-state index is 12.5. The van der Waals surface area contributed by atoms with Crippen molar-refractivity contribution in [3.8, 4) is 5.75 Å². The molecule has 0 saturated carbocycles. The number of nitrogens with zero attached hydrogens (tertiary/aromatic N) is 2.